The van der Waals surface area contributed by atoms with Gasteiger partial charge in [-0.15, -0.1) is 0 Å². The third kappa shape index (κ3) is 5.24. The predicted molar refractivity (Wildman–Crippen MR) is 49.9 cm³/mol. The number of carbonyl (C=O) groups excluding carboxylic acids is 1. The number of rotatable bonds is 6. The molecule has 0 bridgehead atoms. The van der Waals surface area contributed by atoms with Crippen LogP contribution in [0.15, 0.2) is 0 Å². The van der Waals surface area contributed by atoms with Gasteiger partial charge in [0.15, 0.2) is 0 Å². The summed E-state index contributed by atoms with van der Waals surface area (Å²) < 4.78 is 4.76. The Labute approximate surface area is 79.7 Å². The molecule has 0 heterocycles. The largest absolute Gasteiger partial charge is 0.465 e. The summed E-state index contributed by atoms with van der Waals surface area (Å²) in [5.74, 6) is -0.937. The predicted octanol–water partition coefficient (Wildman–Crippen LogP) is 2.27. The summed E-state index contributed by atoms with van der Waals surface area (Å²) in [4.78, 5) is 11.1. The van der Waals surface area contributed by atoms with E-state index < -0.39 is 5.92 Å². The van der Waals surface area contributed by atoms with E-state index in [1.807, 2.05) is 6.07 Å². The number of hydrogen-bond donors (Lipinski definition) is 0. The van der Waals surface area contributed by atoms with E-state index in [1.54, 1.807) is 6.92 Å². The highest BCUT2D eigenvalue weighted by molar-refractivity contribution is 5.75. The van der Waals surface area contributed by atoms with Crippen LogP contribution in [0.25, 0.3) is 0 Å². The van der Waals surface area contributed by atoms with E-state index in [-0.39, 0.29) is 5.97 Å². The molecule has 0 aliphatic carbocycles. The van der Waals surface area contributed by atoms with Crippen LogP contribution in [-0.4, -0.2) is 12.6 Å². The van der Waals surface area contributed by atoms with Crippen LogP contribution in [0.1, 0.15) is 39.5 Å². The molecular weight excluding hydrogens is 166 g/mol. The molecular formula is C10H17NO2. The van der Waals surface area contributed by atoms with Crippen molar-refractivity contribution in [2.75, 3.05) is 6.61 Å². The van der Waals surface area contributed by atoms with Crippen molar-refractivity contribution >= 4 is 5.97 Å². The molecule has 3 heteroatoms. The number of nitrogens with zero attached hydrogens (tertiary/aromatic N) is 1. The lowest BCUT2D eigenvalue weighted by Crippen LogP contribution is -2.16. The summed E-state index contributed by atoms with van der Waals surface area (Å²) in [7, 11) is 0. The second-order valence-electron chi connectivity index (χ2n) is 2.93. The highest BCUT2D eigenvalue weighted by atomic mass is 16.5. The number of ether oxygens (including phenoxy) is 1. The van der Waals surface area contributed by atoms with Gasteiger partial charge in [-0.05, 0) is 13.3 Å². The van der Waals surface area contributed by atoms with Gasteiger partial charge in [0, 0.05) is 0 Å². The molecule has 1 atom stereocenters. The molecule has 0 amide bonds. The first-order chi connectivity index (χ1) is 6.26. The minimum absolute atomic E-state index is 0.352. The Morgan fingerprint density at radius 3 is 2.62 bits per heavy atom. The van der Waals surface area contributed by atoms with E-state index in [0.29, 0.717) is 13.0 Å². The van der Waals surface area contributed by atoms with Gasteiger partial charge in [0.2, 0.25) is 0 Å². The van der Waals surface area contributed by atoms with Crippen molar-refractivity contribution in [2.24, 2.45) is 5.92 Å². The number of carbonyl (C=O) groups is 1. The van der Waals surface area contributed by atoms with Crippen molar-refractivity contribution in [1.82, 2.24) is 0 Å². The van der Waals surface area contributed by atoms with E-state index in [9.17, 15) is 4.79 Å². The summed E-state index contributed by atoms with van der Waals surface area (Å²) in [6.45, 7) is 4.19. The summed E-state index contributed by atoms with van der Waals surface area (Å²) >= 11 is 0. The van der Waals surface area contributed by atoms with Crippen molar-refractivity contribution in [3.05, 3.63) is 0 Å². The van der Waals surface area contributed by atoms with E-state index in [1.165, 1.54) is 0 Å². The number of unbranched alkanes of at least 4 members (excludes halogenated alkanes) is 2. The lowest BCUT2D eigenvalue weighted by molar-refractivity contribution is -0.146. The van der Waals surface area contributed by atoms with Crippen LogP contribution in [0.2, 0.25) is 0 Å². The SMILES string of the molecule is CCCCCC(C#N)C(=O)OCC. The molecule has 0 aliphatic heterocycles. The maximum atomic E-state index is 11.1. The highest BCUT2D eigenvalue weighted by Gasteiger charge is 2.17. The van der Waals surface area contributed by atoms with Crippen molar-refractivity contribution in [1.29, 1.82) is 5.26 Å². The first-order valence-corrected chi connectivity index (χ1v) is 4.82. The van der Waals surface area contributed by atoms with Crippen LogP contribution in [0.5, 0.6) is 0 Å². The average Bonchev–Trinajstić information content (AvgIpc) is 2.13. The Morgan fingerprint density at radius 2 is 2.15 bits per heavy atom. The molecule has 1 unspecified atom stereocenters. The molecule has 0 saturated carbocycles. The third-order valence-corrected chi connectivity index (χ3v) is 1.82. The zero-order valence-corrected chi connectivity index (χ0v) is 8.38. The van der Waals surface area contributed by atoms with Gasteiger partial charge in [-0.25, -0.2) is 0 Å². The van der Waals surface area contributed by atoms with Crippen molar-refractivity contribution in [3.8, 4) is 6.07 Å². The van der Waals surface area contributed by atoms with Gasteiger partial charge in [0.05, 0.1) is 12.7 Å². The van der Waals surface area contributed by atoms with Gasteiger partial charge >= 0.3 is 5.97 Å². The maximum Gasteiger partial charge on any atom is 0.323 e. The van der Waals surface area contributed by atoms with Crippen LogP contribution < -0.4 is 0 Å². The first-order valence-electron chi connectivity index (χ1n) is 4.82. The van der Waals surface area contributed by atoms with Gasteiger partial charge < -0.3 is 4.74 Å². The Morgan fingerprint density at radius 1 is 1.46 bits per heavy atom. The standard InChI is InChI=1S/C10H17NO2/c1-3-5-6-7-9(8-11)10(12)13-4-2/h9H,3-7H2,1-2H3. The smallest absolute Gasteiger partial charge is 0.323 e. The zero-order chi connectivity index (χ0) is 10.1. The molecule has 74 valence electrons. The Hall–Kier alpha value is -1.04. The normalized spacial score (nSPS) is 11.8. The van der Waals surface area contributed by atoms with E-state index in [2.05, 4.69) is 6.92 Å². The monoisotopic (exact) mass is 183 g/mol. The highest BCUT2D eigenvalue weighted by Crippen LogP contribution is 2.10. The molecule has 0 N–H and O–H groups in total. The third-order valence-electron chi connectivity index (χ3n) is 1.82. The van der Waals surface area contributed by atoms with Gasteiger partial charge in [0.1, 0.15) is 5.92 Å². The van der Waals surface area contributed by atoms with E-state index >= 15 is 0 Å². The Bertz CT molecular complexity index is 184. The van der Waals surface area contributed by atoms with Crippen LogP contribution >= 0.6 is 0 Å². The van der Waals surface area contributed by atoms with Crippen molar-refractivity contribution in [2.45, 2.75) is 39.5 Å². The number of esters is 1. The number of nitriles is 1. The first kappa shape index (κ1) is 12.0. The fourth-order valence-electron chi connectivity index (χ4n) is 1.08. The minimum atomic E-state index is -0.563. The maximum absolute atomic E-state index is 11.1. The molecule has 0 aromatic rings. The van der Waals surface area contributed by atoms with E-state index in [4.69, 9.17) is 10.00 Å². The summed E-state index contributed by atoms with van der Waals surface area (Å²) in [6, 6.07) is 1.97. The number of hydrogen-bond acceptors (Lipinski definition) is 3. The molecule has 0 radical (unpaired) electrons. The second-order valence-corrected chi connectivity index (χ2v) is 2.93. The fourth-order valence-corrected chi connectivity index (χ4v) is 1.08. The molecule has 0 rings (SSSR count). The molecule has 3 nitrogen and oxygen atoms in total. The minimum Gasteiger partial charge on any atom is -0.465 e. The molecule has 13 heavy (non-hydrogen) atoms. The topological polar surface area (TPSA) is 50.1 Å². The second kappa shape index (κ2) is 7.60. The molecule has 0 aliphatic rings. The lowest BCUT2D eigenvalue weighted by atomic mass is 10.0. The fraction of sp³-hybridized carbons (Fsp3) is 0.800. The van der Waals surface area contributed by atoms with Gasteiger partial charge in [0.25, 0.3) is 0 Å². The van der Waals surface area contributed by atoms with Gasteiger partial charge in [-0.2, -0.15) is 5.26 Å². The van der Waals surface area contributed by atoms with Crippen molar-refractivity contribution in [3.63, 3.8) is 0 Å². The average molecular weight is 183 g/mol. The van der Waals surface area contributed by atoms with Gasteiger partial charge in [-0.3, -0.25) is 4.79 Å². The van der Waals surface area contributed by atoms with Gasteiger partial charge in [-0.1, -0.05) is 26.2 Å². The van der Waals surface area contributed by atoms with E-state index in [0.717, 1.165) is 19.3 Å². The quantitative estimate of drug-likeness (QED) is 0.469. The lowest BCUT2D eigenvalue weighted by Gasteiger charge is -2.06. The van der Waals surface area contributed by atoms with Crippen LogP contribution in [0.4, 0.5) is 0 Å². The molecule has 0 aromatic heterocycles. The Balaban J connectivity index is 3.76. The van der Waals surface area contributed by atoms with Crippen LogP contribution in [0.3, 0.4) is 0 Å². The molecule has 0 saturated heterocycles. The van der Waals surface area contributed by atoms with Crippen LogP contribution in [0, 0.1) is 17.2 Å². The molecule has 0 spiro atoms. The Kier molecular flexibility index (Phi) is 6.99. The summed E-state index contributed by atoms with van der Waals surface area (Å²) in [5.41, 5.74) is 0. The zero-order valence-electron chi connectivity index (χ0n) is 8.38. The summed E-state index contributed by atoms with van der Waals surface area (Å²) in [5, 5.41) is 8.67. The molecule has 0 aromatic carbocycles. The van der Waals surface area contributed by atoms with Crippen LogP contribution in [-0.2, 0) is 9.53 Å². The summed E-state index contributed by atoms with van der Waals surface area (Å²) in [6.07, 6.45) is 3.72. The van der Waals surface area contributed by atoms with Crippen molar-refractivity contribution < 1.29 is 9.53 Å². The molecule has 0 fully saturated rings.